The zero-order chi connectivity index (χ0) is 14.4. The monoisotopic (exact) mass is 300 g/mol. The van der Waals surface area contributed by atoms with Gasteiger partial charge in [-0.3, -0.25) is 0 Å². The summed E-state index contributed by atoms with van der Waals surface area (Å²) < 4.78 is 24.5. The smallest absolute Gasteiger partial charge is 0.314 e. The normalized spacial score (nSPS) is 20.7. The van der Waals surface area contributed by atoms with Crippen LogP contribution in [0, 0.1) is 5.92 Å². The number of urea groups is 1. The molecule has 1 aliphatic rings. The fraction of sp³-hybridized carbons (Fsp3) is 0.667. The van der Waals surface area contributed by atoms with Crippen LogP contribution in [0.25, 0.3) is 0 Å². The van der Waals surface area contributed by atoms with Gasteiger partial charge in [0.2, 0.25) is 0 Å². The number of carbonyl (C=O) groups excluding carboxylic acids is 1. The molecule has 2 heterocycles. The van der Waals surface area contributed by atoms with E-state index in [9.17, 15) is 13.2 Å². The van der Waals surface area contributed by atoms with Gasteiger partial charge in [0, 0.05) is 32.0 Å². The molecule has 1 aliphatic heterocycles. The first-order chi connectivity index (χ1) is 9.55. The average Bonchev–Trinajstić information content (AvgIpc) is 3.01. The number of hydrogen-bond acceptors (Lipinski definition) is 4. The fourth-order valence-corrected chi connectivity index (χ4v) is 4.08. The number of nitrogens with one attached hydrogen (secondary N) is 2. The Kier molecular flexibility index (Phi) is 4.99. The second kappa shape index (κ2) is 6.74. The average molecular weight is 300 g/mol. The third kappa shape index (κ3) is 4.84. The maximum Gasteiger partial charge on any atom is 0.314 e. The van der Waals surface area contributed by atoms with Crippen LogP contribution in [0.3, 0.4) is 0 Å². The van der Waals surface area contributed by atoms with Crippen molar-refractivity contribution in [2.45, 2.75) is 19.4 Å². The predicted octanol–water partition coefficient (Wildman–Crippen LogP) is 0.00710. The maximum absolute atomic E-state index is 11.5. The predicted molar refractivity (Wildman–Crippen MR) is 75.0 cm³/mol. The number of aryl methyl sites for hydroxylation is 1. The minimum absolute atomic E-state index is 0.0525. The molecule has 0 unspecified atom stereocenters. The van der Waals surface area contributed by atoms with Gasteiger partial charge >= 0.3 is 6.03 Å². The molecule has 1 fully saturated rings. The van der Waals surface area contributed by atoms with Crippen molar-refractivity contribution in [2.75, 3.05) is 24.6 Å². The van der Waals surface area contributed by atoms with E-state index in [1.165, 1.54) is 0 Å². The van der Waals surface area contributed by atoms with Gasteiger partial charge in [0.1, 0.15) is 0 Å². The lowest BCUT2D eigenvalue weighted by atomic mass is 10.1. The number of imidazole rings is 1. The lowest BCUT2D eigenvalue weighted by molar-refractivity contribution is 0.239. The molecule has 0 aromatic carbocycles. The van der Waals surface area contributed by atoms with Gasteiger partial charge in [-0.1, -0.05) is 0 Å². The first kappa shape index (κ1) is 14.8. The Labute approximate surface area is 118 Å². The van der Waals surface area contributed by atoms with E-state index < -0.39 is 9.84 Å². The molecule has 1 saturated heterocycles. The van der Waals surface area contributed by atoms with Crippen LogP contribution in [-0.2, 0) is 16.4 Å². The van der Waals surface area contributed by atoms with Crippen LogP contribution in [0.5, 0.6) is 0 Å². The van der Waals surface area contributed by atoms with Gasteiger partial charge in [-0.05, 0) is 18.8 Å². The second-order valence-corrected chi connectivity index (χ2v) is 7.29. The first-order valence-electron chi connectivity index (χ1n) is 6.73. The quantitative estimate of drug-likeness (QED) is 0.724. The van der Waals surface area contributed by atoms with Gasteiger partial charge in [-0.2, -0.15) is 0 Å². The van der Waals surface area contributed by atoms with E-state index in [0.29, 0.717) is 19.5 Å². The van der Waals surface area contributed by atoms with Crippen molar-refractivity contribution in [3.8, 4) is 0 Å². The van der Waals surface area contributed by atoms with Gasteiger partial charge < -0.3 is 15.2 Å². The van der Waals surface area contributed by atoms with Crippen molar-refractivity contribution in [1.29, 1.82) is 0 Å². The Morgan fingerprint density at radius 2 is 2.25 bits per heavy atom. The van der Waals surface area contributed by atoms with Gasteiger partial charge in [-0.15, -0.1) is 0 Å². The number of sulfone groups is 1. The van der Waals surface area contributed by atoms with Crippen molar-refractivity contribution >= 4 is 15.9 Å². The Hall–Kier alpha value is -1.57. The molecule has 0 radical (unpaired) electrons. The molecule has 2 amide bonds. The van der Waals surface area contributed by atoms with E-state index in [1.54, 1.807) is 12.5 Å². The Bertz CT molecular complexity index is 527. The summed E-state index contributed by atoms with van der Waals surface area (Å²) in [5.41, 5.74) is 0. The largest absolute Gasteiger partial charge is 0.338 e. The Balaban J connectivity index is 1.54. The molecule has 20 heavy (non-hydrogen) atoms. The molecule has 1 aromatic rings. The minimum Gasteiger partial charge on any atom is -0.338 e. The number of nitrogens with zero attached hydrogens (tertiary/aromatic N) is 2. The summed E-state index contributed by atoms with van der Waals surface area (Å²) in [7, 11) is -2.87. The van der Waals surface area contributed by atoms with Crippen molar-refractivity contribution in [3.63, 3.8) is 0 Å². The van der Waals surface area contributed by atoms with Crippen LogP contribution < -0.4 is 10.6 Å². The summed E-state index contributed by atoms with van der Waals surface area (Å²) in [6, 6.07) is -0.236. The summed E-state index contributed by atoms with van der Waals surface area (Å²) in [6.07, 6.45) is 6.79. The van der Waals surface area contributed by atoms with Gasteiger partial charge in [0.15, 0.2) is 9.84 Å². The van der Waals surface area contributed by atoms with E-state index in [2.05, 4.69) is 15.6 Å². The van der Waals surface area contributed by atoms with Crippen molar-refractivity contribution in [3.05, 3.63) is 18.7 Å². The van der Waals surface area contributed by atoms with Crippen molar-refractivity contribution in [2.24, 2.45) is 5.92 Å². The van der Waals surface area contributed by atoms with Gasteiger partial charge in [0.05, 0.1) is 17.8 Å². The molecule has 7 nitrogen and oxygen atoms in total. The first-order valence-corrected chi connectivity index (χ1v) is 8.55. The third-order valence-electron chi connectivity index (χ3n) is 3.32. The maximum atomic E-state index is 11.5. The van der Waals surface area contributed by atoms with E-state index in [1.807, 2.05) is 10.8 Å². The summed E-state index contributed by atoms with van der Waals surface area (Å²) in [4.78, 5) is 15.5. The molecule has 8 heteroatoms. The van der Waals surface area contributed by atoms with Gasteiger partial charge in [0.25, 0.3) is 0 Å². The molecule has 2 rings (SSSR count). The molecule has 0 aliphatic carbocycles. The fourth-order valence-electron chi connectivity index (χ4n) is 2.22. The topological polar surface area (TPSA) is 93.1 Å². The molecular weight excluding hydrogens is 280 g/mol. The molecule has 0 bridgehead atoms. The minimum atomic E-state index is -2.87. The zero-order valence-electron chi connectivity index (χ0n) is 11.3. The van der Waals surface area contributed by atoms with E-state index in [4.69, 9.17) is 0 Å². The van der Waals surface area contributed by atoms with E-state index >= 15 is 0 Å². The van der Waals surface area contributed by atoms with Crippen LogP contribution in [0.15, 0.2) is 18.7 Å². The molecule has 1 atom stereocenters. The van der Waals surface area contributed by atoms with Crippen molar-refractivity contribution < 1.29 is 13.2 Å². The highest BCUT2D eigenvalue weighted by atomic mass is 32.2. The summed E-state index contributed by atoms with van der Waals surface area (Å²) >= 11 is 0. The molecule has 0 saturated carbocycles. The number of rotatable bonds is 6. The summed E-state index contributed by atoms with van der Waals surface area (Å²) in [5.74, 6) is 0.483. The van der Waals surface area contributed by atoms with Crippen LogP contribution in [-0.4, -0.2) is 48.6 Å². The van der Waals surface area contributed by atoms with E-state index in [0.717, 1.165) is 13.0 Å². The molecule has 2 N–H and O–H groups in total. The van der Waals surface area contributed by atoms with Crippen LogP contribution >= 0.6 is 0 Å². The van der Waals surface area contributed by atoms with Gasteiger partial charge in [-0.25, -0.2) is 18.2 Å². The van der Waals surface area contributed by atoms with Crippen LogP contribution in [0.4, 0.5) is 4.79 Å². The number of hydrogen-bond donors (Lipinski definition) is 2. The van der Waals surface area contributed by atoms with Crippen LogP contribution in [0.1, 0.15) is 12.8 Å². The number of aromatic nitrogens is 2. The molecule has 112 valence electrons. The standard InChI is InChI=1S/C12H20N4O3S/c17-12(14-3-1-5-16-6-4-13-10-16)15-8-11-2-7-20(18,19)9-11/h4,6,10-11H,1-3,5,7-9H2,(H2,14,15,17)/t11-/m1/s1. The number of carbonyl (C=O) groups is 1. The van der Waals surface area contributed by atoms with Crippen molar-refractivity contribution in [1.82, 2.24) is 20.2 Å². The molecular formula is C12H20N4O3S. The number of amides is 2. The SMILES string of the molecule is O=C(NCCCn1ccnc1)NC[C@H]1CCS(=O)(=O)C1. The highest BCUT2D eigenvalue weighted by Crippen LogP contribution is 2.17. The lowest BCUT2D eigenvalue weighted by Gasteiger charge is -2.11. The zero-order valence-corrected chi connectivity index (χ0v) is 12.1. The summed E-state index contributed by atoms with van der Waals surface area (Å²) in [5, 5.41) is 5.48. The van der Waals surface area contributed by atoms with Crippen LogP contribution in [0.2, 0.25) is 0 Å². The molecule has 0 spiro atoms. The van der Waals surface area contributed by atoms with E-state index in [-0.39, 0.29) is 23.5 Å². The lowest BCUT2D eigenvalue weighted by Crippen LogP contribution is -2.39. The Morgan fingerprint density at radius 3 is 2.90 bits per heavy atom. The summed E-state index contributed by atoms with van der Waals surface area (Å²) in [6.45, 7) is 1.81. The third-order valence-corrected chi connectivity index (χ3v) is 5.15. The highest BCUT2D eigenvalue weighted by Gasteiger charge is 2.27. The molecule has 1 aromatic heterocycles. The second-order valence-electron chi connectivity index (χ2n) is 5.06. The highest BCUT2D eigenvalue weighted by molar-refractivity contribution is 7.91. The Morgan fingerprint density at radius 1 is 1.40 bits per heavy atom.